The van der Waals surface area contributed by atoms with Crippen molar-refractivity contribution in [3.8, 4) is 5.75 Å². The molecule has 2 aliphatic heterocycles. The molecule has 0 N–H and O–H groups in total. The molecular weight excluding hydrogens is 238 g/mol. The highest BCUT2D eigenvalue weighted by Gasteiger charge is 2.42. The van der Waals surface area contributed by atoms with E-state index in [4.69, 9.17) is 9.57 Å². The third kappa shape index (κ3) is 2.93. The summed E-state index contributed by atoms with van der Waals surface area (Å²) in [6, 6.07) is 11.2. The summed E-state index contributed by atoms with van der Waals surface area (Å²) in [5.41, 5.74) is 0. The molecule has 104 valence electrons. The number of fused-ring (bicyclic) bond motifs is 2. The van der Waals surface area contributed by atoms with Gasteiger partial charge in [0.25, 0.3) is 0 Å². The van der Waals surface area contributed by atoms with Gasteiger partial charge in [0.2, 0.25) is 0 Å². The molecule has 0 unspecified atom stereocenters. The lowest BCUT2D eigenvalue weighted by molar-refractivity contribution is -0.236. The van der Waals surface area contributed by atoms with Gasteiger partial charge in [-0.15, -0.1) is 0 Å². The molecule has 0 radical (unpaired) electrons. The van der Waals surface area contributed by atoms with E-state index in [0.717, 1.165) is 18.6 Å². The lowest BCUT2D eigenvalue weighted by atomic mass is 10.0. The van der Waals surface area contributed by atoms with Gasteiger partial charge in [0.15, 0.2) is 0 Å². The number of hydrogen-bond acceptors (Lipinski definition) is 3. The van der Waals surface area contributed by atoms with Gasteiger partial charge in [-0.2, -0.15) is 5.06 Å². The average Bonchev–Trinajstić information content (AvgIpc) is 2.62. The van der Waals surface area contributed by atoms with Crippen LogP contribution in [0.5, 0.6) is 5.75 Å². The zero-order valence-corrected chi connectivity index (χ0v) is 11.8. The Bertz CT molecular complexity index is 392. The molecule has 0 saturated carbocycles. The molecular formula is C16H23NO2. The third-order valence-corrected chi connectivity index (χ3v) is 4.00. The normalized spacial score (nSPS) is 30.8. The number of piperidine rings is 1. The summed E-state index contributed by atoms with van der Waals surface area (Å²) in [5.74, 6) is 0.991. The average molecular weight is 261 g/mol. The van der Waals surface area contributed by atoms with Crippen LogP contribution in [0.15, 0.2) is 30.3 Å². The highest BCUT2D eigenvalue weighted by molar-refractivity contribution is 5.21. The molecule has 3 rings (SSSR count). The Kier molecular flexibility index (Phi) is 3.76. The van der Waals surface area contributed by atoms with E-state index in [1.165, 1.54) is 12.8 Å². The van der Waals surface area contributed by atoms with Gasteiger partial charge in [-0.05, 0) is 38.8 Å². The molecule has 19 heavy (non-hydrogen) atoms. The molecule has 2 fully saturated rings. The summed E-state index contributed by atoms with van der Waals surface area (Å²) in [5, 5.41) is 2.25. The van der Waals surface area contributed by atoms with Crippen LogP contribution >= 0.6 is 0 Å². The summed E-state index contributed by atoms with van der Waals surface area (Å²) in [6.45, 7) is 4.21. The van der Waals surface area contributed by atoms with Crippen LogP contribution in [0.25, 0.3) is 0 Å². The molecule has 2 aliphatic rings. The maximum absolute atomic E-state index is 6.11. The van der Waals surface area contributed by atoms with E-state index in [1.54, 1.807) is 0 Å². The first-order valence-electron chi connectivity index (χ1n) is 7.39. The van der Waals surface area contributed by atoms with E-state index in [2.05, 4.69) is 18.9 Å². The molecule has 0 spiro atoms. The minimum atomic E-state index is 0.273. The molecule has 2 saturated heterocycles. The van der Waals surface area contributed by atoms with Crippen molar-refractivity contribution in [2.24, 2.45) is 0 Å². The number of hydroxylamine groups is 2. The van der Waals surface area contributed by atoms with E-state index in [-0.39, 0.29) is 6.10 Å². The number of benzene rings is 1. The number of rotatable bonds is 4. The number of ether oxygens (including phenoxy) is 1. The van der Waals surface area contributed by atoms with Crippen LogP contribution in [0, 0.1) is 0 Å². The van der Waals surface area contributed by atoms with Crippen LogP contribution < -0.4 is 4.74 Å². The number of para-hydroxylation sites is 1. The van der Waals surface area contributed by atoms with Gasteiger partial charge < -0.3 is 4.74 Å². The van der Waals surface area contributed by atoms with Crippen LogP contribution in [0.3, 0.4) is 0 Å². The van der Waals surface area contributed by atoms with Crippen LogP contribution in [-0.4, -0.2) is 29.4 Å². The molecule has 3 heteroatoms. The van der Waals surface area contributed by atoms with E-state index < -0.39 is 0 Å². The van der Waals surface area contributed by atoms with Crippen molar-refractivity contribution in [3.63, 3.8) is 0 Å². The van der Waals surface area contributed by atoms with Crippen LogP contribution in [0.1, 0.15) is 39.5 Å². The van der Waals surface area contributed by atoms with Crippen molar-refractivity contribution in [3.05, 3.63) is 30.3 Å². The van der Waals surface area contributed by atoms with Crippen LogP contribution in [0.2, 0.25) is 0 Å². The Balaban J connectivity index is 1.61. The monoisotopic (exact) mass is 261 g/mol. The minimum Gasteiger partial charge on any atom is -0.490 e. The zero-order chi connectivity index (χ0) is 13.2. The molecule has 0 aromatic heterocycles. The van der Waals surface area contributed by atoms with E-state index in [1.807, 2.05) is 30.3 Å². The van der Waals surface area contributed by atoms with Gasteiger partial charge in [0.05, 0.1) is 6.10 Å². The van der Waals surface area contributed by atoms with Crippen molar-refractivity contribution in [1.82, 2.24) is 5.06 Å². The van der Waals surface area contributed by atoms with Gasteiger partial charge in [-0.3, -0.25) is 4.84 Å². The number of nitrogens with zero attached hydrogens (tertiary/aromatic N) is 1. The second-order valence-electron chi connectivity index (χ2n) is 5.92. The third-order valence-electron chi connectivity index (χ3n) is 4.00. The molecule has 1 aromatic rings. The standard InChI is InChI=1S/C16H23NO2/c1-12(2)19-17-13-8-9-14(17)11-16(10-13)18-15-6-4-3-5-7-15/h3-7,12-14,16H,8-11H2,1-2H3/t13-,14+,16+. The van der Waals surface area contributed by atoms with E-state index in [0.29, 0.717) is 18.2 Å². The topological polar surface area (TPSA) is 21.7 Å². The molecule has 2 heterocycles. The first-order chi connectivity index (χ1) is 9.22. The van der Waals surface area contributed by atoms with Gasteiger partial charge in [-0.25, -0.2) is 0 Å². The van der Waals surface area contributed by atoms with Gasteiger partial charge in [0, 0.05) is 24.9 Å². The lowest BCUT2D eigenvalue weighted by Crippen LogP contribution is -2.47. The first kappa shape index (κ1) is 12.9. The van der Waals surface area contributed by atoms with E-state index in [9.17, 15) is 0 Å². The summed E-state index contributed by atoms with van der Waals surface area (Å²) >= 11 is 0. The van der Waals surface area contributed by atoms with Gasteiger partial charge in [0.1, 0.15) is 11.9 Å². The highest BCUT2D eigenvalue weighted by atomic mass is 16.7. The first-order valence-corrected chi connectivity index (χ1v) is 7.39. The smallest absolute Gasteiger partial charge is 0.119 e. The Morgan fingerprint density at radius 2 is 1.68 bits per heavy atom. The molecule has 0 aliphatic carbocycles. The molecule has 0 amide bonds. The summed E-state index contributed by atoms with van der Waals surface area (Å²) in [4.78, 5) is 5.95. The fourth-order valence-corrected chi connectivity index (χ4v) is 3.29. The van der Waals surface area contributed by atoms with Crippen molar-refractivity contribution in [2.75, 3.05) is 0 Å². The molecule has 1 aromatic carbocycles. The van der Waals surface area contributed by atoms with Crippen molar-refractivity contribution in [1.29, 1.82) is 0 Å². The molecule has 2 bridgehead atoms. The maximum Gasteiger partial charge on any atom is 0.119 e. The fourth-order valence-electron chi connectivity index (χ4n) is 3.29. The Morgan fingerprint density at radius 1 is 1.05 bits per heavy atom. The predicted molar refractivity (Wildman–Crippen MR) is 75.0 cm³/mol. The minimum absolute atomic E-state index is 0.273. The zero-order valence-electron chi connectivity index (χ0n) is 11.8. The predicted octanol–water partition coefficient (Wildman–Crippen LogP) is 3.40. The SMILES string of the molecule is CC(C)ON1[C@@H]2CC[C@H]1C[C@@H](Oc1ccccc1)C2. The fraction of sp³-hybridized carbons (Fsp3) is 0.625. The Morgan fingerprint density at radius 3 is 2.26 bits per heavy atom. The summed E-state index contributed by atoms with van der Waals surface area (Å²) in [6.07, 6.45) is 5.26. The van der Waals surface area contributed by atoms with Crippen molar-refractivity contribution >= 4 is 0 Å². The quantitative estimate of drug-likeness (QED) is 0.829. The van der Waals surface area contributed by atoms with Crippen LogP contribution in [0.4, 0.5) is 0 Å². The Hall–Kier alpha value is -1.06. The maximum atomic E-state index is 6.11. The van der Waals surface area contributed by atoms with Crippen molar-refractivity contribution < 1.29 is 9.57 Å². The summed E-state index contributed by atoms with van der Waals surface area (Å²) in [7, 11) is 0. The Labute approximate surface area is 115 Å². The van der Waals surface area contributed by atoms with Gasteiger partial charge >= 0.3 is 0 Å². The van der Waals surface area contributed by atoms with Gasteiger partial charge in [-0.1, -0.05) is 18.2 Å². The van der Waals surface area contributed by atoms with Crippen molar-refractivity contribution in [2.45, 2.75) is 63.8 Å². The molecule has 3 nitrogen and oxygen atoms in total. The summed E-state index contributed by atoms with van der Waals surface area (Å²) < 4.78 is 6.11. The molecule has 3 atom stereocenters. The second-order valence-corrected chi connectivity index (χ2v) is 5.92. The largest absolute Gasteiger partial charge is 0.490 e. The number of hydrogen-bond donors (Lipinski definition) is 0. The lowest BCUT2D eigenvalue weighted by Gasteiger charge is -2.38. The van der Waals surface area contributed by atoms with Crippen LogP contribution in [-0.2, 0) is 4.84 Å². The highest BCUT2D eigenvalue weighted by Crippen LogP contribution is 2.37. The second kappa shape index (κ2) is 5.51. The van der Waals surface area contributed by atoms with E-state index >= 15 is 0 Å².